The van der Waals surface area contributed by atoms with Gasteiger partial charge < -0.3 is 12.9 Å². The summed E-state index contributed by atoms with van der Waals surface area (Å²) in [5, 5.41) is 0. The summed E-state index contributed by atoms with van der Waals surface area (Å²) >= 11 is 0. The van der Waals surface area contributed by atoms with Gasteiger partial charge in [0.25, 0.3) is 0 Å². The van der Waals surface area contributed by atoms with Crippen molar-refractivity contribution >= 4 is 22.3 Å². The maximum absolute atomic E-state index is 12.1. The molecular weight excluding hydrogens is 235 g/mol. The molecule has 0 heterocycles. The van der Waals surface area contributed by atoms with E-state index < -0.39 is 33.2 Å². The zero-order valence-corrected chi connectivity index (χ0v) is 8.15. The highest BCUT2D eigenvalue weighted by Gasteiger charge is 2.25. The lowest BCUT2D eigenvalue weighted by Crippen LogP contribution is -2.33. The molecule has 0 spiro atoms. The highest BCUT2D eigenvalue weighted by Crippen LogP contribution is 2.13. The third kappa shape index (κ3) is 2.71. The zero-order chi connectivity index (χ0) is 11.7. The zero-order valence-electron chi connectivity index (χ0n) is 7.33. The fourth-order valence-corrected chi connectivity index (χ4v) is 1.63. The third-order valence-corrected chi connectivity index (χ3v) is 3.04. The van der Waals surface area contributed by atoms with E-state index in [-0.39, 0.29) is 0 Å². The van der Waals surface area contributed by atoms with E-state index in [2.05, 4.69) is 0 Å². The van der Waals surface area contributed by atoms with Gasteiger partial charge in [-0.1, -0.05) is 12.1 Å². The summed E-state index contributed by atoms with van der Waals surface area (Å²) in [6.07, 6.45) is 0. The monoisotopic (exact) mass is 241 g/mol. The molecule has 0 saturated heterocycles. The maximum Gasteiger partial charge on any atom is 0.509 e. The normalized spacial score (nSPS) is 12.8. The van der Waals surface area contributed by atoms with Gasteiger partial charge in [0.2, 0.25) is 9.84 Å². The van der Waals surface area contributed by atoms with Crippen LogP contribution in [0.25, 0.3) is 0 Å². The van der Waals surface area contributed by atoms with Gasteiger partial charge in [0.15, 0.2) is 6.01 Å². The van der Waals surface area contributed by atoms with Crippen LogP contribution in [0.15, 0.2) is 29.2 Å². The molecule has 0 saturated carbocycles. The van der Waals surface area contributed by atoms with Gasteiger partial charge in [-0.3, -0.25) is 0 Å². The second-order valence-corrected chi connectivity index (χ2v) is 4.79. The Morgan fingerprint density at radius 3 is 1.87 bits per heavy atom. The first-order valence-electron chi connectivity index (χ1n) is 3.86. The van der Waals surface area contributed by atoms with Crippen LogP contribution in [-0.2, 0) is 9.84 Å². The lowest BCUT2D eigenvalue weighted by Gasteiger charge is -2.14. The Kier molecular flexibility index (Phi) is 3.08. The third-order valence-electron chi connectivity index (χ3n) is 1.76. The van der Waals surface area contributed by atoms with Gasteiger partial charge in [-0.2, -0.15) is 0 Å². The summed E-state index contributed by atoms with van der Waals surface area (Å²) < 4.78 is 70.2. The Morgan fingerprint density at radius 2 is 1.53 bits per heavy atom. The van der Waals surface area contributed by atoms with Crippen molar-refractivity contribution in [1.29, 1.82) is 0 Å². The molecule has 0 aliphatic carbocycles. The quantitative estimate of drug-likeness (QED) is 0.592. The van der Waals surface area contributed by atoms with Gasteiger partial charge in [-0.05, 0) is 12.1 Å². The van der Waals surface area contributed by atoms with Crippen molar-refractivity contribution in [1.82, 2.24) is 0 Å². The fraction of sp³-hybridized carbons (Fsp3) is 0.143. The van der Waals surface area contributed by atoms with E-state index in [9.17, 15) is 25.8 Å². The summed E-state index contributed by atoms with van der Waals surface area (Å²) in [7, 11) is -4.09. The lowest BCUT2D eigenvalue weighted by molar-refractivity contribution is 0.501. The van der Waals surface area contributed by atoms with Crippen molar-refractivity contribution < 1.29 is 25.8 Å². The van der Waals surface area contributed by atoms with E-state index in [1.54, 1.807) is 0 Å². The molecule has 1 rings (SSSR count). The van der Waals surface area contributed by atoms with Gasteiger partial charge in [0.1, 0.15) is 0 Å². The minimum atomic E-state index is -5.15. The molecule has 8 heteroatoms. The van der Waals surface area contributed by atoms with E-state index in [0.717, 1.165) is 12.1 Å². The molecule has 0 bridgehead atoms. The topological polar surface area (TPSA) is 34.1 Å². The Morgan fingerprint density at radius 1 is 1.07 bits per heavy atom. The molecule has 0 fully saturated rings. The highest BCUT2D eigenvalue weighted by atomic mass is 32.2. The maximum atomic E-state index is 12.1. The van der Waals surface area contributed by atoms with E-state index in [0.29, 0.717) is 12.1 Å². The van der Waals surface area contributed by atoms with Crippen LogP contribution in [0.3, 0.4) is 0 Å². The second-order valence-electron chi connectivity index (χ2n) is 2.87. The summed E-state index contributed by atoms with van der Waals surface area (Å²) in [5.41, 5.74) is -0.909. The molecule has 0 radical (unpaired) electrons. The standard InChI is InChI=1S/C7H6BF4O2S/c9-5-15(13,14)7-3-1-6(2-4-7)8(10,11)12/h1-4H,5H2/q-1. The molecule has 0 aliphatic heterocycles. The van der Waals surface area contributed by atoms with Crippen molar-refractivity contribution in [3.63, 3.8) is 0 Å². The van der Waals surface area contributed by atoms with E-state index >= 15 is 0 Å². The van der Waals surface area contributed by atoms with Crippen LogP contribution in [0.4, 0.5) is 17.3 Å². The predicted molar refractivity (Wildman–Crippen MR) is 48.3 cm³/mol. The summed E-state index contributed by atoms with van der Waals surface area (Å²) in [4.78, 5) is -0.450. The molecule has 0 atom stereocenters. The first-order valence-corrected chi connectivity index (χ1v) is 5.51. The van der Waals surface area contributed by atoms with Crippen LogP contribution in [-0.4, -0.2) is 21.4 Å². The minimum absolute atomic E-state index is 0.450. The summed E-state index contributed by atoms with van der Waals surface area (Å²) in [6.45, 7) is -5.15. The van der Waals surface area contributed by atoms with Gasteiger partial charge in [0, 0.05) is 0 Å². The average Bonchev–Trinajstić information content (AvgIpc) is 2.17. The molecule has 0 aromatic heterocycles. The number of benzene rings is 1. The molecule has 2 nitrogen and oxygen atoms in total. The van der Waals surface area contributed by atoms with Crippen LogP contribution in [0.2, 0.25) is 0 Å². The van der Waals surface area contributed by atoms with Crippen LogP contribution in [0.1, 0.15) is 0 Å². The van der Waals surface area contributed by atoms with Gasteiger partial charge in [-0.25, -0.2) is 12.8 Å². The number of alkyl halides is 1. The van der Waals surface area contributed by atoms with Gasteiger partial charge >= 0.3 is 6.98 Å². The molecule has 1 aromatic carbocycles. The van der Waals surface area contributed by atoms with Crippen LogP contribution < -0.4 is 5.46 Å². The predicted octanol–water partition coefficient (Wildman–Crippen LogP) is 1.44. The molecule has 0 unspecified atom stereocenters. The van der Waals surface area contributed by atoms with Gasteiger partial charge in [-0.15, -0.1) is 5.46 Å². The summed E-state index contributed by atoms with van der Waals surface area (Å²) in [6, 6.07) is 1.13. The minimum Gasteiger partial charge on any atom is -0.445 e. The van der Waals surface area contributed by atoms with Crippen LogP contribution in [0, 0.1) is 0 Å². The molecule has 84 valence electrons. The first-order chi connectivity index (χ1) is 6.77. The summed E-state index contributed by atoms with van der Waals surface area (Å²) in [5.74, 6) is 0. The van der Waals surface area contributed by atoms with E-state index in [1.165, 1.54) is 0 Å². The molecule has 0 N–H and O–H groups in total. The van der Waals surface area contributed by atoms with Gasteiger partial charge in [0.05, 0.1) is 4.90 Å². The number of rotatable bonds is 3. The van der Waals surface area contributed by atoms with Crippen molar-refractivity contribution in [3.8, 4) is 0 Å². The second kappa shape index (κ2) is 3.84. The van der Waals surface area contributed by atoms with Crippen LogP contribution in [0.5, 0.6) is 0 Å². The number of halogens is 4. The Labute approximate surface area is 83.9 Å². The molecular formula is C7H6BF4O2S-. The van der Waals surface area contributed by atoms with Crippen molar-refractivity contribution in [2.45, 2.75) is 4.90 Å². The number of hydrogen-bond acceptors (Lipinski definition) is 2. The molecule has 0 amide bonds. The lowest BCUT2D eigenvalue weighted by atomic mass is 9.80. The molecule has 15 heavy (non-hydrogen) atoms. The fourth-order valence-electron chi connectivity index (χ4n) is 0.956. The van der Waals surface area contributed by atoms with Crippen molar-refractivity contribution in [2.75, 3.05) is 6.01 Å². The first kappa shape index (κ1) is 12.0. The Balaban J connectivity index is 3.12. The largest absolute Gasteiger partial charge is 0.509 e. The molecule has 1 aromatic rings. The van der Waals surface area contributed by atoms with E-state index in [1.807, 2.05) is 0 Å². The highest BCUT2D eigenvalue weighted by molar-refractivity contribution is 7.91. The van der Waals surface area contributed by atoms with Crippen molar-refractivity contribution in [2.24, 2.45) is 0 Å². The van der Waals surface area contributed by atoms with Crippen LogP contribution >= 0.6 is 0 Å². The Hall–Kier alpha value is -1.05. The van der Waals surface area contributed by atoms with E-state index in [4.69, 9.17) is 0 Å². The van der Waals surface area contributed by atoms with Crippen molar-refractivity contribution in [3.05, 3.63) is 24.3 Å². The average molecular weight is 241 g/mol. The SMILES string of the molecule is O=S(=O)(CF)c1ccc([B-](F)(F)F)cc1. The molecule has 0 aliphatic rings. The smallest absolute Gasteiger partial charge is 0.445 e. The number of hydrogen-bond donors (Lipinski definition) is 0. The Bertz CT molecular complexity index is 437. The number of sulfone groups is 1.